The Kier molecular flexibility index (Phi) is 3.62. The first kappa shape index (κ1) is 12.6. The van der Waals surface area contributed by atoms with Gasteiger partial charge in [-0.2, -0.15) is 5.10 Å². The van der Waals surface area contributed by atoms with Gasteiger partial charge in [0, 0.05) is 10.6 Å². The summed E-state index contributed by atoms with van der Waals surface area (Å²) in [6.45, 7) is 1.99. The van der Waals surface area contributed by atoms with E-state index >= 15 is 0 Å². The monoisotopic (exact) mass is 266 g/mol. The molecule has 1 saturated heterocycles. The number of esters is 1. The minimum Gasteiger partial charge on any atom is -0.459 e. The van der Waals surface area contributed by atoms with E-state index in [2.05, 4.69) is 10.5 Å². The van der Waals surface area contributed by atoms with E-state index in [-0.39, 0.29) is 24.9 Å². The second-order valence-electron chi connectivity index (χ2n) is 3.92. The van der Waals surface area contributed by atoms with Crippen molar-refractivity contribution in [2.75, 3.05) is 6.61 Å². The van der Waals surface area contributed by atoms with Crippen LogP contribution < -0.4 is 5.43 Å². The zero-order chi connectivity index (χ0) is 13.1. The fourth-order valence-corrected chi connectivity index (χ4v) is 1.61. The largest absolute Gasteiger partial charge is 0.459 e. The van der Waals surface area contributed by atoms with Gasteiger partial charge in [0.2, 0.25) is 0 Å². The van der Waals surface area contributed by atoms with Crippen LogP contribution in [-0.4, -0.2) is 24.2 Å². The lowest BCUT2D eigenvalue weighted by atomic mass is 10.1. The lowest BCUT2D eigenvalue weighted by Gasteiger charge is -2.03. The van der Waals surface area contributed by atoms with Crippen LogP contribution in [0.25, 0.3) is 0 Å². The molecule has 1 fully saturated rings. The van der Waals surface area contributed by atoms with Crippen LogP contribution in [0.2, 0.25) is 5.02 Å². The average molecular weight is 267 g/mol. The zero-order valence-corrected chi connectivity index (χ0v) is 10.5. The first-order chi connectivity index (χ1) is 8.56. The Morgan fingerprint density at radius 2 is 2.28 bits per heavy atom. The fraction of sp³-hybridized carbons (Fsp3) is 0.250. The molecule has 6 heteroatoms. The summed E-state index contributed by atoms with van der Waals surface area (Å²) in [4.78, 5) is 22.6. The van der Waals surface area contributed by atoms with Gasteiger partial charge in [0.25, 0.3) is 5.91 Å². The Balaban J connectivity index is 2.03. The number of carbonyl (C=O) groups excluding carboxylic acids is 2. The molecule has 1 aromatic rings. The van der Waals surface area contributed by atoms with Gasteiger partial charge in [0.05, 0.1) is 12.1 Å². The summed E-state index contributed by atoms with van der Waals surface area (Å²) in [6.07, 6.45) is 0.120. The van der Waals surface area contributed by atoms with Gasteiger partial charge in [-0.25, -0.2) is 5.43 Å². The third-order valence-electron chi connectivity index (χ3n) is 2.50. The summed E-state index contributed by atoms with van der Waals surface area (Å²) in [5, 5.41) is 4.35. The maximum Gasteiger partial charge on any atom is 0.312 e. The highest BCUT2D eigenvalue weighted by molar-refractivity contribution is 6.31. The average Bonchev–Trinajstić information content (AvgIpc) is 2.75. The van der Waals surface area contributed by atoms with E-state index < -0.39 is 0 Å². The fourth-order valence-electron chi connectivity index (χ4n) is 1.43. The van der Waals surface area contributed by atoms with Gasteiger partial charge in [-0.05, 0) is 24.6 Å². The molecule has 1 heterocycles. The molecular formula is C12H11ClN2O3. The van der Waals surface area contributed by atoms with Crippen molar-refractivity contribution in [2.45, 2.75) is 13.3 Å². The number of benzene rings is 1. The van der Waals surface area contributed by atoms with E-state index in [9.17, 15) is 9.59 Å². The van der Waals surface area contributed by atoms with Crippen molar-refractivity contribution in [1.29, 1.82) is 0 Å². The van der Waals surface area contributed by atoms with Crippen LogP contribution >= 0.6 is 11.6 Å². The van der Waals surface area contributed by atoms with Crippen LogP contribution in [0.5, 0.6) is 0 Å². The number of nitrogens with zero attached hydrogens (tertiary/aromatic N) is 1. The molecule has 0 atom stereocenters. The smallest absolute Gasteiger partial charge is 0.312 e. The number of aryl methyl sites for hydroxylation is 1. The molecule has 1 aliphatic rings. The van der Waals surface area contributed by atoms with Crippen molar-refractivity contribution in [3.8, 4) is 0 Å². The van der Waals surface area contributed by atoms with Crippen LogP contribution in [-0.2, 0) is 9.53 Å². The Morgan fingerprint density at radius 3 is 2.89 bits per heavy atom. The van der Waals surface area contributed by atoms with Gasteiger partial charge in [-0.3, -0.25) is 9.59 Å². The Morgan fingerprint density at radius 1 is 1.50 bits per heavy atom. The van der Waals surface area contributed by atoms with Crippen molar-refractivity contribution in [2.24, 2.45) is 5.10 Å². The van der Waals surface area contributed by atoms with Crippen LogP contribution in [0.1, 0.15) is 22.3 Å². The standard InChI is InChI=1S/C12H11ClN2O3/c1-7-2-3-8(4-10(7)13)12(17)15-14-9-5-11(16)18-6-9/h2-4H,5-6H2,1H3,(H,15,17). The first-order valence-electron chi connectivity index (χ1n) is 5.34. The molecule has 1 aromatic carbocycles. The number of cyclic esters (lactones) is 1. The van der Waals surface area contributed by atoms with Gasteiger partial charge in [-0.15, -0.1) is 0 Å². The molecule has 0 radical (unpaired) electrons. The highest BCUT2D eigenvalue weighted by Crippen LogP contribution is 2.16. The minimum atomic E-state index is -0.372. The molecule has 0 bridgehead atoms. The lowest BCUT2D eigenvalue weighted by molar-refractivity contribution is -0.137. The predicted octanol–water partition coefficient (Wildman–Crippen LogP) is 1.68. The van der Waals surface area contributed by atoms with Crippen LogP contribution in [0.3, 0.4) is 0 Å². The number of nitrogens with one attached hydrogen (secondary N) is 1. The molecule has 0 unspecified atom stereocenters. The quantitative estimate of drug-likeness (QED) is 0.654. The third-order valence-corrected chi connectivity index (χ3v) is 2.90. The summed E-state index contributed by atoms with van der Waals surface area (Å²) in [6, 6.07) is 4.99. The molecule has 5 nitrogen and oxygen atoms in total. The number of carbonyl (C=O) groups is 2. The van der Waals surface area contributed by atoms with Crippen LogP contribution in [0.15, 0.2) is 23.3 Å². The van der Waals surface area contributed by atoms with Crippen LogP contribution in [0.4, 0.5) is 0 Å². The number of hydrazone groups is 1. The van der Waals surface area contributed by atoms with Crippen molar-refractivity contribution in [1.82, 2.24) is 5.43 Å². The summed E-state index contributed by atoms with van der Waals surface area (Å²) in [5.74, 6) is -0.704. The van der Waals surface area contributed by atoms with Crippen LogP contribution in [0, 0.1) is 6.92 Å². The summed E-state index contributed by atoms with van der Waals surface area (Å²) in [7, 11) is 0. The van der Waals surface area contributed by atoms with E-state index in [1.165, 1.54) is 0 Å². The summed E-state index contributed by atoms with van der Waals surface area (Å²) >= 11 is 5.92. The Bertz CT molecular complexity index is 540. The molecule has 0 aliphatic carbocycles. The number of rotatable bonds is 2. The number of amides is 1. The third kappa shape index (κ3) is 2.87. The van der Waals surface area contributed by atoms with Crippen molar-refractivity contribution >= 4 is 29.2 Å². The molecular weight excluding hydrogens is 256 g/mol. The molecule has 0 saturated carbocycles. The molecule has 0 aromatic heterocycles. The molecule has 2 rings (SSSR count). The zero-order valence-electron chi connectivity index (χ0n) is 9.70. The second kappa shape index (κ2) is 5.18. The van der Waals surface area contributed by atoms with E-state index in [1.807, 2.05) is 6.92 Å². The SMILES string of the molecule is Cc1ccc(C(=O)NN=C2COC(=O)C2)cc1Cl. The van der Waals surface area contributed by atoms with E-state index in [4.69, 9.17) is 16.3 Å². The number of hydrogen-bond donors (Lipinski definition) is 1. The van der Waals surface area contributed by atoms with Gasteiger partial charge in [0.1, 0.15) is 6.61 Å². The van der Waals surface area contributed by atoms with Gasteiger partial charge in [0.15, 0.2) is 0 Å². The number of ether oxygens (including phenoxy) is 1. The first-order valence-corrected chi connectivity index (χ1v) is 5.71. The summed E-state index contributed by atoms with van der Waals surface area (Å²) in [5.41, 5.74) is 4.19. The molecule has 1 N–H and O–H groups in total. The summed E-state index contributed by atoms with van der Waals surface area (Å²) < 4.78 is 4.70. The van der Waals surface area contributed by atoms with E-state index in [1.54, 1.807) is 18.2 Å². The molecule has 1 amide bonds. The Hall–Kier alpha value is -1.88. The minimum absolute atomic E-state index is 0.120. The maximum absolute atomic E-state index is 11.7. The normalized spacial score (nSPS) is 16.8. The van der Waals surface area contributed by atoms with Crippen molar-refractivity contribution in [3.63, 3.8) is 0 Å². The molecule has 1 aliphatic heterocycles. The predicted molar refractivity (Wildman–Crippen MR) is 66.7 cm³/mol. The van der Waals surface area contributed by atoms with Gasteiger partial charge >= 0.3 is 5.97 Å². The Labute approximate surface area is 109 Å². The maximum atomic E-state index is 11.7. The topological polar surface area (TPSA) is 67.8 Å². The highest BCUT2D eigenvalue weighted by atomic mass is 35.5. The number of halogens is 1. The van der Waals surface area contributed by atoms with E-state index in [0.717, 1.165) is 5.56 Å². The van der Waals surface area contributed by atoms with Crippen molar-refractivity contribution in [3.05, 3.63) is 34.3 Å². The molecule has 0 spiro atoms. The molecule has 18 heavy (non-hydrogen) atoms. The van der Waals surface area contributed by atoms with Gasteiger partial charge in [-0.1, -0.05) is 17.7 Å². The van der Waals surface area contributed by atoms with Crippen molar-refractivity contribution < 1.29 is 14.3 Å². The molecule has 94 valence electrons. The second-order valence-corrected chi connectivity index (χ2v) is 4.33. The highest BCUT2D eigenvalue weighted by Gasteiger charge is 2.18. The number of hydrogen-bond acceptors (Lipinski definition) is 4. The lowest BCUT2D eigenvalue weighted by Crippen LogP contribution is -2.19. The van der Waals surface area contributed by atoms with E-state index in [0.29, 0.717) is 16.3 Å². The van der Waals surface area contributed by atoms with Gasteiger partial charge < -0.3 is 4.74 Å².